The standard InChI is InChI=1S/C20H20N2O3/c1-13-7-6-10-15(11-13)21-18(24)16-17(23)20(2,22-19(16)25)12-14-8-4-3-5-9-14/h3-11,16H,12H2,1-2H3,(H,21,24)(H,22,25). The summed E-state index contributed by atoms with van der Waals surface area (Å²) in [6.07, 6.45) is 0.354. The number of aryl methyl sites for hydroxylation is 1. The van der Waals surface area contributed by atoms with Crippen LogP contribution >= 0.6 is 0 Å². The molecule has 0 saturated carbocycles. The number of carbonyl (C=O) groups is 3. The largest absolute Gasteiger partial charge is 0.342 e. The molecule has 0 aromatic heterocycles. The Hall–Kier alpha value is -2.95. The molecule has 1 saturated heterocycles. The number of amides is 2. The van der Waals surface area contributed by atoms with Gasteiger partial charge >= 0.3 is 0 Å². The summed E-state index contributed by atoms with van der Waals surface area (Å²) in [5, 5.41) is 5.37. The van der Waals surface area contributed by atoms with Crippen LogP contribution in [0.25, 0.3) is 0 Å². The Kier molecular flexibility index (Phi) is 4.40. The lowest BCUT2D eigenvalue weighted by Gasteiger charge is -2.22. The monoisotopic (exact) mass is 336 g/mol. The average Bonchev–Trinajstić information content (AvgIpc) is 2.77. The molecule has 0 aliphatic carbocycles. The van der Waals surface area contributed by atoms with Crippen LogP contribution in [-0.4, -0.2) is 23.1 Å². The van der Waals surface area contributed by atoms with Crippen LogP contribution < -0.4 is 10.6 Å². The smallest absolute Gasteiger partial charge is 0.244 e. The molecule has 0 radical (unpaired) electrons. The van der Waals surface area contributed by atoms with E-state index in [1.807, 2.05) is 43.3 Å². The van der Waals surface area contributed by atoms with Gasteiger partial charge in [-0.15, -0.1) is 0 Å². The third kappa shape index (κ3) is 3.45. The summed E-state index contributed by atoms with van der Waals surface area (Å²) in [4.78, 5) is 37.6. The summed E-state index contributed by atoms with van der Waals surface area (Å²) in [6, 6.07) is 16.7. The molecule has 0 spiro atoms. The summed E-state index contributed by atoms with van der Waals surface area (Å²) in [7, 11) is 0. The van der Waals surface area contributed by atoms with Gasteiger partial charge < -0.3 is 10.6 Å². The first-order valence-electron chi connectivity index (χ1n) is 8.17. The van der Waals surface area contributed by atoms with E-state index in [0.717, 1.165) is 11.1 Å². The molecule has 2 aromatic carbocycles. The van der Waals surface area contributed by atoms with Crippen LogP contribution in [0.1, 0.15) is 18.1 Å². The van der Waals surface area contributed by atoms with Crippen LogP contribution in [0.5, 0.6) is 0 Å². The molecule has 1 fully saturated rings. The van der Waals surface area contributed by atoms with E-state index in [-0.39, 0.29) is 0 Å². The van der Waals surface area contributed by atoms with Crippen LogP contribution in [-0.2, 0) is 20.8 Å². The summed E-state index contributed by atoms with van der Waals surface area (Å²) in [5.74, 6) is -2.86. The van der Waals surface area contributed by atoms with Gasteiger partial charge in [-0.3, -0.25) is 14.4 Å². The van der Waals surface area contributed by atoms with E-state index in [0.29, 0.717) is 12.1 Å². The third-order valence-electron chi connectivity index (χ3n) is 4.42. The Balaban J connectivity index is 1.77. The minimum absolute atomic E-state index is 0.354. The molecule has 1 aliphatic rings. The number of carbonyl (C=O) groups excluding carboxylic acids is 3. The average molecular weight is 336 g/mol. The van der Waals surface area contributed by atoms with Gasteiger partial charge in [0.2, 0.25) is 11.8 Å². The lowest BCUT2D eigenvalue weighted by Crippen LogP contribution is -2.45. The highest BCUT2D eigenvalue weighted by Gasteiger charge is 2.52. The molecule has 128 valence electrons. The van der Waals surface area contributed by atoms with E-state index in [9.17, 15) is 14.4 Å². The number of ketones is 1. The number of rotatable bonds is 4. The molecule has 0 bridgehead atoms. The van der Waals surface area contributed by atoms with E-state index in [1.54, 1.807) is 25.1 Å². The topological polar surface area (TPSA) is 75.3 Å². The van der Waals surface area contributed by atoms with Gasteiger partial charge in [-0.05, 0) is 37.1 Å². The Morgan fingerprint density at radius 3 is 2.52 bits per heavy atom. The fourth-order valence-corrected chi connectivity index (χ4v) is 3.15. The SMILES string of the molecule is Cc1cccc(NC(=O)C2C(=O)NC(C)(Cc3ccccc3)C2=O)c1. The van der Waals surface area contributed by atoms with Gasteiger partial charge in [0.25, 0.3) is 0 Å². The minimum Gasteiger partial charge on any atom is -0.342 e. The van der Waals surface area contributed by atoms with Crippen LogP contribution in [0.2, 0.25) is 0 Å². The van der Waals surface area contributed by atoms with Crippen molar-refractivity contribution in [3.05, 3.63) is 65.7 Å². The molecule has 2 atom stereocenters. The van der Waals surface area contributed by atoms with Gasteiger partial charge in [-0.1, -0.05) is 42.5 Å². The van der Waals surface area contributed by atoms with Gasteiger partial charge in [-0.2, -0.15) is 0 Å². The van der Waals surface area contributed by atoms with Gasteiger partial charge in [0.15, 0.2) is 11.7 Å². The van der Waals surface area contributed by atoms with Crippen molar-refractivity contribution >= 4 is 23.3 Å². The first kappa shape index (κ1) is 16.9. The van der Waals surface area contributed by atoms with Crippen molar-refractivity contribution in [2.45, 2.75) is 25.8 Å². The highest BCUT2D eigenvalue weighted by atomic mass is 16.2. The second-order valence-electron chi connectivity index (χ2n) is 6.64. The first-order valence-corrected chi connectivity index (χ1v) is 8.17. The van der Waals surface area contributed by atoms with Gasteiger partial charge in [-0.25, -0.2) is 0 Å². The number of nitrogens with one attached hydrogen (secondary N) is 2. The molecule has 2 amide bonds. The summed E-state index contributed by atoms with van der Waals surface area (Å²) < 4.78 is 0. The summed E-state index contributed by atoms with van der Waals surface area (Å²) >= 11 is 0. The van der Waals surface area contributed by atoms with Crippen molar-refractivity contribution in [2.24, 2.45) is 5.92 Å². The van der Waals surface area contributed by atoms with Gasteiger partial charge in [0.05, 0.1) is 0 Å². The second-order valence-corrected chi connectivity index (χ2v) is 6.64. The molecule has 5 heteroatoms. The van der Waals surface area contributed by atoms with Crippen molar-refractivity contribution < 1.29 is 14.4 Å². The van der Waals surface area contributed by atoms with Crippen LogP contribution in [0.15, 0.2) is 54.6 Å². The maximum Gasteiger partial charge on any atom is 0.244 e. The van der Waals surface area contributed by atoms with E-state index in [4.69, 9.17) is 0 Å². The van der Waals surface area contributed by atoms with Crippen LogP contribution in [0.4, 0.5) is 5.69 Å². The Morgan fingerprint density at radius 2 is 1.84 bits per heavy atom. The third-order valence-corrected chi connectivity index (χ3v) is 4.42. The van der Waals surface area contributed by atoms with Gasteiger partial charge in [0, 0.05) is 12.1 Å². The van der Waals surface area contributed by atoms with Crippen LogP contribution in [0, 0.1) is 12.8 Å². The number of hydrogen-bond acceptors (Lipinski definition) is 3. The molecule has 1 heterocycles. The van der Waals surface area contributed by atoms with Crippen LogP contribution in [0.3, 0.4) is 0 Å². The number of anilines is 1. The first-order chi connectivity index (χ1) is 11.9. The molecular weight excluding hydrogens is 316 g/mol. The van der Waals surface area contributed by atoms with E-state index in [2.05, 4.69) is 10.6 Å². The zero-order valence-corrected chi connectivity index (χ0v) is 14.2. The zero-order chi connectivity index (χ0) is 18.0. The number of hydrogen-bond donors (Lipinski definition) is 2. The lowest BCUT2D eigenvalue weighted by atomic mass is 9.86. The molecule has 1 aliphatic heterocycles. The fraction of sp³-hybridized carbons (Fsp3) is 0.250. The predicted octanol–water partition coefficient (Wildman–Crippen LogP) is 2.25. The molecular formula is C20H20N2O3. The van der Waals surface area contributed by atoms with Gasteiger partial charge in [0.1, 0.15) is 5.54 Å². The number of Topliss-reactive ketones (excluding diaryl/α,β-unsaturated/α-hetero) is 1. The van der Waals surface area contributed by atoms with E-state index >= 15 is 0 Å². The molecule has 2 N–H and O–H groups in total. The molecule has 2 aromatic rings. The normalized spacial score (nSPS) is 22.6. The fourth-order valence-electron chi connectivity index (χ4n) is 3.15. The Bertz CT molecular complexity index is 832. The van der Waals surface area contributed by atoms with Crippen molar-refractivity contribution in [2.75, 3.05) is 5.32 Å². The summed E-state index contributed by atoms with van der Waals surface area (Å²) in [5.41, 5.74) is 1.40. The Labute approximate surface area is 146 Å². The zero-order valence-electron chi connectivity index (χ0n) is 14.2. The molecule has 3 rings (SSSR count). The molecule has 5 nitrogen and oxygen atoms in total. The quantitative estimate of drug-likeness (QED) is 0.841. The van der Waals surface area contributed by atoms with Crippen molar-refractivity contribution in [3.8, 4) is 0 Å². The predicted molar refractivity (Wildman–Crippen MR) is 95.0 cm³/mol. The molecule has 25 heavy (non-hydrogen) atoms. The van der Waals surface area contributed by atoms with Crippen molar-refractivity contribution in [1.82, 2.24) is 5.32 Å². The van der Waals surface area contributed by atoms with E-state index in [1.165, 1.54) is 0 Å². The maximum absolute atomic E-state index is 12.8. The van der Waals surface area contributed by atoms with Crippen molar-refractivity contribution in [3.63, 3.8) is 0 Å². The minimum atomic E-state index is -1.32. The number of benzene rings is 2. The second kappa shape index (κ2) is 6.51. The lowest BCUT2D eigenvalue weighted by molar-refractivity contribution is -0.135. The van der Waals surface area contributed by atoms with Crippen molar-refractivity contribution in [1.29, 1.82) is 0 Å². The maximum atomic E-state index is 12.8. The Morgan fingerprint density at radius 1 is 1.12 bits per heavy atom. The highest BCUT2D eigenvalue weighted by molar-refractivity contribution is 6.27. The van der Waals surface area contributed by atoms with E-state index < -0.39 is 29.1 Å². The highest BCUT2D eigenvalue weighted by Crippen LogP contribution is 2.26. The molecule has 2 unspecified atom stereocenters. The summed E-state index contributed by atoms with van der Waals surface area (Å²) in [6.45, 7) is 3.57.